The number of thioether (sulfide) groups is 1. The number of alkyl halides is 2. The molecular weight excluding hydrogens is 280 g/mol. The zero-order valence-corrected chi connectivity index (χ0v) is 11.0. The fourth-order valence-corrected chi connectivity index (χ4v) is 1.71. The standard InChI is InChI=1S/C11H13F2NO4S/c1-14(5-4-9(15)16)10(17)8-3-2-7(18-8)6-19-11(12)13/h2-3,11H,4-6H2,1H3,(H,15,16). The number of hydrogen-bond acceptors (Lipinski definition) is 4. The van der Waals surface area contributed by atoms with Crippen molar-refractivity contribution >= 4 is 23.6 Å². The minimum Gasteiger partial charge on any atom is -0.481 e. The van der Waals surface area contributed by atoms with E-state index in [1.54, 1.807) is 0 Å². The van der Waals surface area contributed by atoms with Crippen LogP contribution in [0.2, 0.25) is 0 Å². The van der Waals surface area contributed by atoms with Gasteiger partial charge in [0.15, 0.2) is 5.76 Å². The highest BCUT2D eigenvalue weighted by Crippen LogP contribution is 2.21. The van der Waals surface area contributed by atoms with E-state index >= 15 is 0 Å². The van der Waals surface area contributed by atoms with Crippen LogP contribution in [-0.2, 0) is 10.5 Å². The second-order valence-corrected chi connectivity index (χ2v) is 4.69. The number of carboxylic acid groups (broad SMARTS) is 1. The van der Waals surface area contributed by atoms with Crippen molar-refractivity contribution in [1.82, 2.24) is 4.90 Å². The van der Waals surface area contributed by atoms with E-state index in [-0.39, 0.29) is 30.2 Å². The van der Waals surface area contributed by atoms with E-state index < -0.39 is 17.6 Å². The van der Waals surface area contributed by atoms with Crippen molar-refractivity contribution in [3.63, 3.8) is 0 Å². The third kappa shape index (κ3) is 5.29. The van der Waals surface area contributed by atoms with Gasteiger partial charge < -0.3 is 14.4 Å². The molecule has 0 fully saturated rings. The van der Waals surface area contributed by atoms with E-state index in [0.717, 1.165) is 0 Å². The predicted octanol–water partition coefficient (Wildman–Crippen LogP) is 2.28. The molecule has 0 bridgehead atoms. The predicted molar refractivity (Wildman–Crippen MR) is 65.2 cm³/mol. The highest BCUT2D eigenvalue weighted by Gasteiger charge is 2.17. The van der Waals surface area contributed by atoms with E-state index in [9.17, 15) is 18.4 Å². The van der Waals surface area contributed by atoms with E-state index in [1.165, 1.54) is 24.1 Å². The van der Waals surface area contributed by atoms with Gasteiger partial charge in [-0.1, -0.05) is 11.8 Å². The van der Waals surface area contributed by atoms with E-state index in [0.29, 0.717) is 11.8 Å². The quantitative estimate of drug-likeness (QED) is 0.835. The lowest BCUT2D eigenvalue weighted by molar-refractivity contribution is -0.137. The first kappa shape index (κ1) is 15.5. The van der Waals surface area contributed by atoms with Gasteiger partial charge >= 0.3 is 5.97 Å². The molecule has 0 saturated heterocycles. The number of amides is 1. The number of carbonyl (C=O) groups is 2. The molecule has 5 nitrogen and oxygen atoms in total. The smallest absolute Gasteiger partial charge is 0.305 e. The van der Waals surface area contributed by atoms with Crippen molar-refractivity contribution in [2.24, 2.45) is 0 Å². The number of aliphatic carboxylic acids is 1. The largest absolute Gasteiger partial charge is 0.481 e. The molecule has 19 heavy (non-hydrogen) atoms. The number of carboxylic acids is 1. The molecule has 1 heterocycles. The fraction of sp³-hybridized carbons (Fsp3) is 0.455. The molecule has 1 aromatic rings. The van der Waals surface area contributed by atoms with Gasteiger partial charge in [0, 0.05) is 13.6 Å². The van der Waals surface area contributed by atoms with Gasteiger partial charge in [-0.15, -0.1) is 0 Å². The van der Waals surface area contributed by atoms with Crippen LogP contribution < -0.4 is 0 Å². The summed E-state index contributed by atoms with van der Waals surface area (Å²) < 4.78 is 29.1. The number of halogens is 2. The summed E-state index contributed by atoms with van der Waals surface area (Å²) >= 11 is 0.402. The lowest BCUT2D eigenvalue weighted by Crippen LogP contribution is -2.28. The molecule has 0 aliphatic carbocycles. The van der Waals surface area contributed by atoms with Crippen LogP contribution in [0.1, 0.15) is 22.7 Å². The summed E-state index contributed by atoms with van der Waals surface area (Å²) in [5.74, 6) is -3.72. The maximum atomic E-state index is 12.0. The van der Waals surface area contributed by atoms with E-state index in [1.807, 2.05) is 0 Å². The molecule has 0 aromatic carbocycles. The molecule has 1 rings (SSSR count). The van der Waals surface area contributed by atoms with Crippen LogP contribution >= 0.6 is 11.8 Å². The molecule has 0 aliphatic heterocycles. The molecule has 1 aromatic heterocycles. The second kappa shape index (κ2) is 7.13. The Balaban J connectivity index is 2.55. The molecule has 106 valence electrons. The van der Waals surface area contributed by atoms with Gasteiger partial charge in [0.25, 0.3) is 11.7 Å². The average molecular weight is 293 g/mol. The van der Waals surface area contributed by atoms with E-state index in [2.05, 4.69) is 0 Å². The zero-order chi connectivity index (χ0) is 14.4. The summed E-state index contributed by atoms with van der Waals surface area (Å²) in [5, 5.41) is 8.51. The van der Waals surface area contributed by atoms with Crippen LogP contribution in [0.3, 0.4) is 0 Å². The van der Waals surface area contributed by atoms with Crippen molar-refractivity contribution < 1.29 is 27.9 Å². The van der Waals surface area contributed by atoms with Gasteiger partial charge in [0.1, 0.15) is 5.76 Å². The van der Waals surface area contributed by atoms with Crippen molar-refractivity contribution in [1.29, 1.82) is 0 Å². The third-order valence-electron chi connectivity index (χ3n) is 2.23. The maximum absolute atomic E-state index is 12.0. The van der Waals surface area contributed by atoms with Crippen molar-refractivity contribution in [2.45, 2.75) is 17.9 Å². The number of rotatable bonds is 7. The SMILES string of the molecule is CN(CCC(=O)O)C(=O)c1ccc(CSC(F)F)o1. The average Bonchev–Trinajstić information content (AvgIpc) is 2.81. The Morgan fingerprint density at radius 2 is 2.16 bits per heavy atom. The fourth-order valence-electron chi connectivity index (χ4n) is 1.27. The molecule has 0 spiro atoms. The third-order valence-corrected chi connectivity index (χ3v) is 2.93. The Morgan fingerprint density at radius 3 is 2.74 bits per heavy atom. The van der Waals surface area contributed by atoms with Crippen LogP contribution in [0.5, 0.6) is 0 Å². The first-order valence-electron chi connectivity index (χ1n) is 5.36. The molecule has 0 saturated carbocycles. The Kier molecular flexibility index (Phi) is 5.81. The summed E-state index contributed by atoms with van der Waals surface area (Å²) in [6.07, 6.45) is -0.170. The molecule has 0 unspecified atom stereocenters. The minimum atomic E-state index is -2.50. The van der Waals surface area contributed by atoms with Gasteiger partial charge in [-0.25, -0.2) is 0 Å². The summed E-state index contributed by atoms with van der Waals surface area (Å²) in [5.41, 5.74) is 0. The molecule has 0 aliphatic rings. The topological polar surface area (TPSA) is 70.8 Å². The summed E-state index contributed by atoms with van der Waals surface area (Å²) in [6, 6.07) is 2.84. The molecular formula is C11H13F2NO4S. The minimum absolute atomic E-state index is 0.0118. The highest BCUT2D eigenvalue weighted by molar-refractivity contribution is 7.98. The Hall–Kier alpha value is -1.57. The van der Waals surface area contributed by atoms with Crippen molar-refractivity contribution in [3.8, 4) is 0 Å². The number of hydrogen-bond donors (Lipinski definition) is 1. The lowest BCUT2D eigenvalue weighted by atomic mass is 10.3. The van der Waals surface area contributed by atoms with Crippen LogP contribution in [0.15, 0.2) is 16.5 Å². The van der Waals surface area contributed by atoms with Crippen LogP contribution in [-0.4, -0.2) is 41.2 Å². The van der Waals surface area contributed by atoms with Gasteiger partial charge in [0.2, 0.25) is 0 Å². The summed E-state index contributed by atoms with van der Waals surface area (Å²) in [6.45, 7) is 0.0516. The maximum Gasteiger partial charge on any atom is 0.305 e. The number of carbonyl (C=O) groups excluding carboxylic acids is 1. The van der Waals surface area contributed by atoms with Gasteiger partial charge in [-0.3, -0.25) is 9.59 Å². The normalized spacial score (nSPS) is 10.7. The van der Waals surface area contributed by atoms with Gasteiger partial charge in [-0.2, -0.15) is 8.78 Å². The van der Waals surface area contributed by atoms with Gasteiger partial charge in [-0.05, 0) is 12.1 Å². The number of furan rings is 1. The monoisotopic (exact) mass is 293 g/mol. The molecule has 0 radical (unpaired) electrons. The lowest BCUT2D eigenvalue weighted by Gasteiger charge is -2.13. The van der Waals surface area contributed by atoms with Crippen molar-refractivity contribution in [3.05, 3.63) is 23.7 Å². The van der Waals surface area contributed by atoms with Crippen LogP contribution in [0.4, 0.5) is 8.78 Å². The highest BCUT2D eigenvalue weighted by atomic mass is 32.2. The molecule has 0 atom stereocenters. The molecule has 1 N–H and O–H groups in total. The molecule has 1 amide bonds. The van der Waals surface area contributed by atoms with Gasteiger partial charge in [0.05, 0.1) is 12.2 Å². The number of nitrogens with zero attached hydrogens (tertiary/aromatic N) is 1. The van der Waals surface area contributed by atoms with Crippen molar-refractivity contribution in [2.75, 3.05) is 13.6 Å². The second-order valence-electron chi connectivity index (χ2n) is 3.71. The summed E-state index contributed by atoms with van der Waals surface area (Å²) in [4.78, 5) is 23.4. The first-order valence-corrected chi connectivity index (χ1v) is 6.40. The first-order chi connectivity index (χ1) is 8.90. The molecule has 8 heteroatoms. The Labute approximate surface area is 112 Å². The zero-order valence-electron chi connectivity index (χ0n) is 10.1. The Bertz CT molecular complexity index is 450. The Morgan fingerprint density at radius 1 is 1.47 bits per heavy atom. The van der Waals surface area contributed by atoms with Crippen LogP contribution in [0, 0.1) is 0 Å². The van der Waals surface area contributed by atoms with Crippen LogP contribution in [0.25, 0.3) is 0 Å². The summed E-state index contributed by atoms with van der Waals surface area (Å²) in [7, 11) is 1.45. The van der Waals surface area contributed by atoms with E-state index in [4.69, 9.17) is 9.52 Å².